The Labute approximate surface area is 124 Å². The maximum Gasteiger partial charge on any atom is 0.136 e. The van der Waals surface area contributed by atoms with Crippen molar-refractivity contribution in [1.29, 1.82) is 0 Å². The molecule has 2 aliphatic rings. The second kappa shape index (κ2) is 5.79. The topological polar surface area (TPSA) is 37.3 Å². The molecule has 0 aromatic rings. The molecular weight excluding hydrogens is 248 g/mol. The highest BCUT2D eigenvalue weighted by atomic mass is 16.3. The lowest BCUT2D eigenvalue weighted by Gasteiger charge is -2.42. The number of carbonyl (C=O) groups excluding carboxylic acids is 1. The molecule has 0 aliphatic heterocycles. The molecule has 0 amide bonds. The highest BCUT2D eigenvalue weighted by molar-refractivity contribution is 5.83. The summed E-state index contributed by atoms with van der Waals surface area (Å²) in [5, 5.41) is 9.82. The van der Waals surface area contributed by atoms with Gasteiger partial charge in [-0.2, -0.15) is 0 Å². The summed E-state index contributed by atoms with van der Waals surface area (Å²) in [6.07, 6.45) is 8.67. The van der Waals surface area contributed by atoms with Gasteiger partial charge in [-0.25, -0.2) is 0 Å². The molecule has 2 unspecified atom stereocenters. The Morgan fingerprint density at radius 3 is 2.75 bits per heavy atom. The van der Waals surface area contributed by atoms with Crippen LogP contribution in [-0.4, -0.2) is 16.5 Å². The molecule has 0 bridgehead atoms. The fraction of sp³-hybridized carbons (Fsp3) is 0.944. The van der Waals surface area contributed by atoms with Crippen molar-refractivity contribution in [2.45, 2.75) is 84.7 Å². The molecule has 0 heterocycles. The molecule has 116 valence electrons. The number of rotatable bonds is 5. The van der Waals surface area contributed by atoms with Crippen molar-refractivity contribution < 1.29 is 9.90 Å². The molecule has 20 heavy (non-hydrogen) atoms. The van der Waals surface area contributed by atoms with Gasteiger partial charge in [0, 0.05) is 12.3 Å². The predicted octanol–water partition coefficient (Wildman–Crippen LogP) is 4.35. The second-order valence-electron chi connectivity index (χ2n) is 8.24. The van der Waals surface area contributed by atoms with Crippen LogP contribution in [0.15, 0.2) is 0 Å². The Kier molecular flexibility index (Phi) is 4.63. The smallest absolute Gasteiger partial charge is 0.136 e. The third-order valence-electron chi connectivity index (χ3n) is 6.07. The Morgan fingerprint density at radius 2 is 2.10 bits per heavy atom. The summed E-state index contributed by atoms with van der Waals surface area (Å²) in [5.74, 6) is 2.26. The van der Waals surface area contributed by atoms with E-state index in [0.29, 0.717) is 23.5 Å². The van der Waals surface area contributed by atoms with Crippen molar-refractivity contribution in [2.24, 2.45) is 23.2 Å². The predicted molar refractivity (Wildman–Crippen MR) is 82.5 cm³/mol. The van der Waals surface area contributed by atoms with Crippen LogP contribution in [-0.2, 0) is 4.79 Å². The molecular formula is C18H32O2. The van der Waals surface area contributed by atoms with Gasteiger partial charge in [-0.15, -0.1) is 0 Å². The van der Waals surface area contributed by atoms with Gasteiger partial charge in [-0.1, -0.05) is 26.7 Å². The number of fused-ring (bicyclic) bond motifs is 1. The number of Topliss-reactive ketones (excluding diaryl/α,β-unsaturated/α-hetero) is 1. The first-order valence-electron chi connectivity index (χ1n) is 8.49. The molecule has 2 fully saturated rings. The molecule has 2 rings (SSSR count). The molecule has 2 heteroatoms. The van der Waals surface area contributed by atoms with E-state index in [9.17, 15) is 9.90 Å². The van der Waals surface area contributed by atoms with Crippen LogP contribution in [0.3, 0.4) is 0 Å². The van der Waals surface area contributed by atoms with Crippen molar-refractivity contribution in [2.75, 3.05) is 0 Å². The lowest BCUT2D eigenvalue weighted by Crippen LogP contribution is -2.39. The fourth-order valence-electron chi connectivity index (χ4n) is 4.96. The van der Waals surface area contributed by atoms with Gasteiger partial charge >= 0.3 is 0 Å². The van der Waals surface area contributed by atoms with Crippen LogP contribution >= 0.6 is 0 Å². The Bertz CT molecular complexity index is 355. The molecule has 2 saturated carbocycles. The average molecular weight is 280 g/mol. The summed E-state index contributed by atoms with van der Waals surface area (Å²) in [4.78, 5) is 12.2. The zero-order valence-electron chi connectivity index (χ0n) is 13.7. The van der Waals surface area contributed by atoms with Crippen LogP contribution in [0.5, 0.6) is 0 Å². The van der Waals surface area contributed by atoms with Crippen molar-refractivity contribution >= 4 is 5.78 Å². The lowest BCUT2D eigenvalue weighted by atomic mass is 9.62. The molecule has 0 spiro atoms. The highest BCUT2D eigenvalue weighted by Crippen LogP contribution is 2.57. The van der Waals surface area contributed by atoms with Gasteiger partial charge in [0.15, 0.2) is 0 Å². The van der Waals surface area contributed by atoms with Crippen molar-refractivity contribution in [3.63, 3.8) is 0 Å². The van der Waals surface area contributed by atoms with E-state index in [1.165, 1.54) is 19.3 Å². The number of carbonyl (C=O) groups is 1. The standard InChI is InChI=1S/C18H32O2/c1-13(7-5-11-17(2,3)20)14-9-10-15-16(19)8-6-12-18(14,15)4/h13-15,20H,5-12H2,1-4H3/t13-,14?,15+,18?/m1/s1. The Hall–Kier alpha value is -0.370. The normalized spacial score (nSPS) is 36.0. The molecule has 0 saturated heterocycles. The van der Waals surface area contributed by atoms with E-state index in [0.717, 1.165) is 32.1 Å². The van der Waals surface area contributed by atoms with Crippen LogP contribution < -0.4 is 0 Å². The minimum absolute atomic E-state index is 0.267. The van der Waals surface area contributed by atoms with E-state index in [4.69, 9.17) is 0 Å². The number of hydrogen-bond donors (Lipinski definition) is 1. The van der Waals surface area contributed by atoms with Crippen LogP contribution in [0.25, 0.3) is 0 Å². The molecule has 0 aromatic carbocycles. The summed E-state index contributed by atoms with van der Waals surface area (Å²) >= 11 is 0. The van der Waals surface area contributed by atoms with E-state index in [2.05, 4.69) is 13.8 Å². The molecule has 1 N–H and O–H groups in total. The van der Waals surface area contributed by atoms with E-state index in [-0.39, 0.29) is 5.41 Å². The summed E-state index contributed by atoms with van der Waals surface area (Å²) < 4.78 is 0. The van der Waals surface area contributed by atoms with Gasteiger partial charge in [0.05, 0.1) is 5.60 Å². The SMILES string of the molecule is C[C@H](CCCC(C)(C)O)C1CC[C@H]2C(=O)CCCC12C. The van der Waals surface area contributed by atoms with Gasteiger partial charge in [0.2, 0.25) is 0 Å². The number of hydrogen-bond acceptors (Lipinski definition) is 2. The first kappa shape index (κ1) is 16.0. The number of ketones is 1. The van der Waals surface area contributed by atoms with Crippen molar-refractivity contribution in [3.05, 3.63) is 0 Å². The maximum absolute atomic E-state index is 12.2. The zero-order valence-corrected chi connectivity index (χ0v) is 13.7. The molecule has 2 aliphatic carbocycles. The molecule has 4 atom stereocenters. The van der Waals surface area contributed by atoms with E-state index in [1.54, 1.807) is 0 Å². The quantitative estimate of drug-likeness (QED) is 0.813. The molecule has 0 aromatic heterocycles. The monoisotopic (exact) mass is 280 g/mol. The summed E-state index contributed by atoms with van der Waals surface area (Å²) in [5.41, 5.74) is -0.272. The summed E-state index contributed by atoms with van der Waals surface area (Å²) in [6, 6.07) is 0. The molecule has 0 radical (unpaired) electrons. The summed E-state index contributed by atoms with van der Waals surface area (Å²) in [7, 11) is 0. The minimum Gasteiger partial charge on any atom is -0.390 e. The second-order valence-corrected chi connectivity index (χ2v) is 8.24. The Morgan fingerprint density at radius 1 is 1.40 bits per heavy atom. The average Bonchev–Trinajstić information content (AvgIpc) is 2.66. The van der Waals surface area contributed by atoms with Crippen LogP contribution in [0.1, 0.15) is 79.1 Å². The largest absolute Gasteiger partial charge is 0.390 e. The third-order valence-corrected chi connectivity index (χ3v) is 6.07. The van der Waals surface area contributed by atoms with E-state index >= 15 is 0 Å². The number of aliphatic hydroxyl groups is 1. The fourth-order valence-corrected chi connectivity index (χ4v) is 4.96. The highest BCUT2D eigenvalue weighted by Gasteiger charge is 2.52. The van der Waals surface area contributed by atoms with Gasteiger partial charge < -0.3 is 5.11 Å². The van der Waals surface area contributed by atoms with Crippen molar-refractivity contribution in [1.82, 2.24) is 0 Å². The van der Waals surface area contributed by atoms with Crippen LogP contribution in [0.2, 0.25) is 0 Å². The van der Waals surface area contributed by atoms with Gasteiger partial charge in [0.25, 0.3) is 0 Å². The van der Waals surface area contributed by atoms with Gasteiger partial charge in [-0.05, 0) is 63.2 Å². The van der Waals surface area contributed by atoms with Crippen LogP contribution in [0, 0.1) is 23.2 Å². The van der Waals surface area contributed by atoms with E-state index in [1.807, 2.05) is 13.8 Å². The van der Waals surface area contributed by atoms with Gasteiger partial charge in [0.1, 0.15) is 5.78 Å². The third kappa shape index (κ3) is 3.27. The van der Waals surface area contributed by atoms with Crippen LogP contribution in [0.4, 0.5) is 0 Å². The van der Waals surface area contributed by atoms with E-state index < -0.39 is 5.60 Å². The molecule has 2 nitrogen and oxygen atoms in total. The summed E-state index contributed by atoms with van der Waals surface area (Å²) in [6.45, 7) is 8.52. The lowest BCUT2D eigenvalue weighted by molar-refractivity contribution is -0.130. The van der Waals surface area contributed by atoms with Crippen molar-refractivity contribution in [3.8, 4) is 0 Å². The first-order chi connectivity index (χ1) is 9.24. The first-order valence-corrected chi connectivity index (χ1v) is 8.49. The van der Waals surface area contributed by atoms with Gasteiger partial charge in [-0.3, -0.25) is 4.79 Å². The Balaban J connectivity index is 1.93. The maximum atomic E-state index is 12.2. The minimum atomic E-state index is -0.539. The zero-order chi connectivity index (χ0) is 15.0.